The average Bonchev–Trinajstić information content (AvgIpc) is 3.34. The Kier molecular flexibility index (Phi) is 4.95. The van der Waals surface area contributed by atoms with Gasteiger partial charge in [0.2, 0.25) is 0 Å². The summed E-state index contributed by atoms with van der Waals surface area (Å²) in [7, 11) is 1.87. The Hall–Kier alpha value is -2.65. The molecule has 27 heavy (non-hydrogen) atoms. The minimum atomic E-state index is -0.573. The molecule has 140 valence electrons. The summed E-state index contributed by atoms with van der Waals surface area (Å²) in [6.45, 7) is 0. The van der Waals surface area contributed by atoms with Crippen LogP contribution in [0.2, 0.25) is 0 Å². The van der Waals surface area contributed by atoms with Crippen LogP contribution < -0.4 is 5.32 Å². The predicted molar refractivity (Wildman–Crippen MR) is 100 cm³/mol. The number of carbonyl (C=O) groups is 1. The second-order valence-corrected chi connectivity index (χ2v) is 7.55. The van der Waals surface area contributed by atoms with Gasteiger partial charge in [0, 0.05) is 42.5 Å². The number of aryl methyl sites for hydroxylation is 1. The van der Waals surface area contributed by atoms with Crippen LogP contribution in [-0.2, 0) is 7.05 Å². The fourth-order valence-corrected chi connectivity index (χ4v) is 4.02. The predicted octanol–water partition coefficient (Wildman–Crippen LogP) is 1.76. The van der Waals surface area contributed by atoms with Crippen molar-refractivity contribution >= 4 is 17.2 Å². The topological polar surface area (TPSA) is 106 Å². The second kappa shape index (κ2) is 7.53. The SMILES string of the molecule is Cn1nc(-c2cccnc2)nc1[C@H]1CC[C@@H](O)[C@H](NC(=O)c2nccs2)C1. The number of carbonyl (C=O) groups excluding carboxylic acids is 1. The van der Waals surface area contributed by atoms with Crippen LogP contribution in [0.5, 0.6) is 0 Å². The molecule has 3 atom stereocenters. The monoisotopic (exact) mass is 384 g/mol. The Morgan fingerprint density at radius 1 is 1.37 bits per heavy atom. The lowest BCUT2D eigenvalue weighted by Gasteiger charge is -2.33. The average molecular weight is 384 g/mol. The van der Waals surface area contributed by atoms with Crippen LogP contribution in [0.1, 0.15) is 40.8 Å². The molecule has 1 saturated carbocycles. The van der Waals surface area contributed by atoms with Gasteiger partial charge >= 0.3 is 0 Å². The number of aliphatic hydroxyl groups is 1. The Labute approximate surface area is 160 Å². The zero-order valence-corrected chi connectivity index (χ0v) is 15.6. The lowest BCUT2D eigenvalue weighted by atomic mass is 9.83. The second-order valence-electron chi connectivity index (χ2n) is 6.65. The summed E-state index contributed by atoms with van der Waals surface area (Å²) >= 11 is 1.28. The first-order valence-electron chi connectivity index (χ1n) is 8.81. The van der Waals surface area contributed by atoms with Gasteiger partial charge in [-0.05, 0) is 31.4 Å². The third-order valence-electron chi connectivity index (χ3n) is 4.84. The first-order valence-corrected chi connectivity index (χ1v) is 9.69. The van der Waals surface area contributed by atoms with Crippen molar-refractivity contribution < 1.29 is 9.90 Å². The van der Waals surface area contributed by atoms with E-state index in [-0.39, 0.29) is 17.9 Å². The zero-order chi connectivity index (χ0) is 18.8. The Balaban J connectivity index is 1.51. The normalized spacial score (nSPS) is 22.5. The van der Waals surface area contributed by atoms with Crippen LogP contribution in [0, 0.1) is 0 Å². The van der Waals surface area contributed by atoms with Gasteiger partial charge in [0.25, 0.3) is 5.91 Å². The molecule has 9 heteroatoms. The van der Waals surface area contributed by atoms with Crippen molar-refractivity contribution in [1.29, 1.82) is 0 Å². The fourth-order valence-electron chi connectivity index (χ4n) is 3.48. The molecule has 0 unspecified atom stereocenters. The number of nitrogens with zero attached hydrogens (tertiary/aromatic N) is 5. The highest BCUT2D eigenvalue weighted by atomic mass is 32.1. The van der Waals surface area contributed by atoms with Crippen LogP contribution in [0.4, 0.5) is 0 Å². The number of thiazole rings is 1. The van der Waals surface area contributed by atoms with E-state index in [0.29, 0.717) is 23.7 Å². The first kappa shape index (κ1) is 17.7. The molecule has 1 aliphatic rings. The maximum absolute atomic E-state index is 12.3. The zero-order valence-electron chi connectivity index (χ0n) is 14.8. The highest BCUT2D eigenvalue weighted by molar-refractivity contribution is 7.11. The van der Waals surface area contributed by atoms with E-state index in [2.05, 4.69) is 20.4 Å². The Morgan fingerprint density at radius 2 is 2.26 bits per heavy atom. The highest BCUT2D eigenvalue weighted by Crippen LogP contribution is 2.33. The summed E-state index contributed by atoms with van der Waals surface area (Å²) < 4.78 is 1.78. The van der Waals surface area contributed by atoms with Crippen molar-refractivity contribution in [2.45, 2.75) is 37.3 Å². The van der Waals surface area contributed by atoms with E-state index in [9.17, 15) is 9.90 Å². The molecule has 0 bridgehead atoms. The third-order valence-corrected chi connectivity index (χ3v) is 5.61. The molecule has 1 amide bonds. The van der Waals surface area contributed by atoms with E-state index >= 15 is 0 Å². The number of hydrogen-bond acceptors (Lipinski definition) is 7. The molecular formula is C18H20N6O2S. The quantitative estimate of drug-likeness (QED) is 0.710. The van der Waals surface area contributed by atoms with Crippen LogP contribution in [0.25, 0.3) is 11.4 Å². The van der Waals surface area contributed by atoms with Crippen molar-refractivity contribution in [1.82, 2.24) is 30.0 Å². The van der Waals surface area contributed by atoms with Crippen molar-refractivity contribution in [3.05, 3.63) is 46.9 Å². The van der Waals surface area contributed by atoms with E-state index in [0.717, 1.165) is 17.8 Å². The van der Waals surface area contributed by atoms with E-state index in [4.69, 9.17) is 4.98 Å². The molecule has 8 nitrogen and oxygen atoms in total. The van der Waals surface area contributed by atoms with Crippen molar-refractivity contribution in [2.75, 3.05) is 0 Å². The van der Waals surface area contributed by atoms with Gasteiger partial charge in [0.05, 0.1) is 12.1 Å². The van der Waals surface area contributed by atoms with Gasteiger partial charge in [-0.25, -0.2) is 9.97 Å². The molecule has 4 rings (SSSR count). The number of aromatic nitrogens is 5. The molecular weight excluding hydrogens is 364 g/mol. The number of rotatable bonds is 4. The molecule has 2 N–H and O–H groups in total. The van der Waals surface area contributed by atoms with E-state index in [1.165, 1.54) is 11.3 Å². The van der Waals surface area contributed by atoms with Crippen LogP contribution >= 0.6 is 11.3 Å². The summed E-state index contributed by atoms with van der Waals surface area (Å²) in [6, 6.07) is 3.44. The van der Waals surface area contributed by atoms with Gasteiger partial charge in [-0.15, -0.1) is 11.3 Å². The lowest BCUT2D eigenvalue weighted by Crippen LogP contribution is -2.46. The number of hydrogen-bond donors (Lipinski definition) is 2. The molecule has 3 heterocycles. The van der Waals surface area contributed by atoms with Crippen LogP contribution in [-0.4, -0.2) is 47.9 Å². The molecule has 0 aliphatic heterocycles. The van der Waals surface area contributed by atoms with Crippen LogP contribution in [0.15, 0.2) is 36.1 Å². The molecule has 0 saturated heterocycles. The maximum Gasteiger partial charge on any atom is 0.280 e. The van der Waals surface area contributed by atoms with E-state index in [1.54, 1.807) is 28.7 Å². The fraction of sp³-hybridized carbons (Fsp3) is 0.389. The standard InChI is InChI=1S/C18H20N6O2S/c1-24-16(22-15(23-24)12-3-2-6-19-10-12)11-4-5-14(25)13(9-11)21-17(26)18-20-7-8-27-18/h2-3,6-8,10-11,13-14,25H,4-5,9H2,1H3,(H,21,26)/t11-,13+,14+/m0/s1. The smallest absolute Gasteiger partial charge is 0.280 e. The summed E-state index contributed by atoms with van der Waals surface area (Å²) in [6.07, 6.45) is 6.48. The molecule has 0 aromatic carbocycles. The summed E-state index contributed by atoms with van der Waals surface area (Å²) in [4.78, 5) is 25.1. The number of aliphatic hydroxyl groups excluding tert-OH is 1. The minimum absolute atomic E-state index is 0.109. The number of amides is 1. The minimum Gasteiger partial charge on any atom is -0.391 e. The molecule has 3 aromatic heterocycles. The van der Waals surface area contributed by atoms with Gasteiger partial charge in [-0.1, -0.05) is 0 Å². The van der Waals surface area contributed by atoms with Gasteiger partial charge < -0.3 is 10.4 Å². The summed E-state index contributed by atoms with van der Waals surface area (Å²) in [5, 5.41) is 19.9. The Morgan fingerprint density at radius 3 is 3.00 bits per heavy atom. The number of nitrogens with one attached hydrogen (secondary N) is 1. The van der Waals surface area contributed by atoms with Crippen molar-refractivity contribution in [2.24, 2.45) is 7.05 Å². The molecule has 1 fully saturated rings. The Bertz CT molecular complexity index is 911. The lowest BCUT2D eigenvalue weighted by molar-refractivity contribution is 0.0669. The van der Waals surface area contributed by atoms with Gasteiger partial charge in [-0.3, -0.25) is 14.5 Å². The molecule has 1 aliphatic carbocycles. The largest absolute Gasteiger partial charge is 0.391 e. The van der Waals surface area contributed by atoms with E-state index in [1.807, 2.05) is 19.2 Å². The summed E-state index contributed by atoms with van der Waals surface area (Å²) in [5.74, 6) is 1.35. The van der Waals surface area contributed by atoms with Gasteiger partial charge in [0.15, 0.2) is 10.8 Å². The van der Waals surface area contributed by atoms with Gasteiger partial charge in [0.1, 0.15) is 5.82 Å². The van der Waals surface area contributed by atoms with Gasteiger partial charge in [-0.2, -0.15) is 5.10 Å². The molecule has 0 radical (unpaired) electrons. The van der Waals surface area contributed by atoms with E-state index < -0.39 is 6.10 Å². The third kappa shape index (κ3) is 3.74. The molecule has 0 spiro atoms. The summed E-state index contributed by atoms with van der Waals surface area (Å²) in [5.41, 5.74) is 0.865. The van der Waals surface area contributed by atoms with Crippen LogP contribution in [0.3, 0.4) is 0 Å². The van der Waals surface area contributed by atoms with Crippen molar-refractivity contribution in [3.63, 3.8) is 0 Å². The first-order chi connectivity index (χ1) is 13.1. The number of pyridine rings is 1. The maximum atomic E-state index is 12.3. The van der Waals surface area contributed by atoms with Crippen molar-refractivity contribution in [3.8, 4) is 11.4 Å². The highest BCUT2D eigenvalue weighted by Gasteiger charge is 2.34. The molecule has 3 aromatic rings.